The molecule has 0 bridgehead atoms. The average molecular weight is 373 g/mol. The fourth-order valence-electron chi connectivity index (χ4n) is 3.45. The number of nitrogens with zero attached hydrogens (tertiary/aromatic N) is 2. The maximum absolute atomic E-state index is 14.4. The van der Waals surface area contributed by atoms with Gasteiger partial charge in [-0.05, 0) is 64.2 Å². The number of aryl methyl sites for hydroxylation is 1. The molecule has 1 aromatic heterocycles. The Balaban J connectivity index is 1.92. The Morgan fingerprint density at radius 3 is 2.78 bits per heavy atom. The Bertz CT molecular complexity index is 902. The highest BCUT2D eigenvalue weighted by molar-refractivity contribution is 5.94. The number of carboxylic acids is 1. The number of carboxylic acid groups (broad SMARTS) is 1. The fourth-order valence-corrected chi connectivity index (χ4v) is 3.45. The number of rotatable bonds is 6. The molecule has 1 heterocycles. The van der Waals surface area contributed by atoms with Crippen molar-refractivity contribution in [1.29, 1.82) is 0 Å². The monoisotopic (exact) mass is 373 g/mol. The molecule has 144 valence electrons. The molecule has 1 aliphatic rings. The summed E-state index contributed by atoms with van der Waals surface area (Å²) in [5, 5.41) is 16.2. The quantitative estimate of drug-likeness (QED) is 0.814. The normalized spacial score (nSPS) is 13.5. The maximum Gasteiger partial charge on any atom is 0.303 e. The van der Waals surface area contributed by atoms with Gasteiger partial charge >= 0.3 is 5.97 Å². The number of carbonyl (C=O) groups excluding carboxylic acids is 1. The van der Waals surface area contributed by atoms with Crippen molar-refractivity contribution in [2.45, 2.75) is 58.4 Å². The summed E-state index contributed by atoms with van der Waals surface area (Å²) in [5.41, 5.74) is 2.59. The molecule has 0 spiro atoms. The van der Waals surface area contributed by atoms with Crippen LogP contribution in [0.25, 0.3) is 5.69 Å². The number of carbonyl (C=O) groups is 2. The SMILES string of the molecule is Cc1ccc(F)c(-n2nc(C(=O)NC(C)(C)CCC(=O)O)c3c2CCC3)c1. The molecular formula is C20H24FN3O3. The number of halogens is 1. The van der Waals surface area contributed by atoms with Gasteiger partial charge in [0.2, 0.25) is 0 Å². The van der Waals surface area contributed by atoms with E-state index in [1.807, 2.05) is 6.92 Å². The van der Waals surface area contributed by atoms with Gasteiger partial charge in [0.15, 0.2) is 5.69 Å². The van der Waals surface area contributed by atoms with Gasteiger partial charge < -0.3 is 10.4 Å². The number of aliphatic carboxylic acids is 1. The van der Waals surface area contributed by atoms with Gasteiger partial charge in [-0.2, -0.15) is 5.10 Å². The predicted octanol–water partition coefficient (Wildman–Crippen LogP) is 3.18. The molecule has 0 unspecified atom stereocenters. The summed E-state index contributed by atoms with van der Waals surface area (Å²) >= 11 is 0. The zero-order chi connectivity index (χ0) is 19.8. The van der Waals surface area contributed by atoms with Crippen molar-refractivity contribution in [1.82, 2.24) is 15.1 Å². The van der Waals surface area contributed by atoms with Crippen LogP contribution in [0, 0.1) is 12.7 Å². The van der Waals surface area contributed by atoms with Gasteiger partial charge in [-0.1, -0.05) is 6.07 Å². The first-order valence-electron chi connectivity index (χ1n) is 9.09. The number of hydrogen-bond donors (Lipinski definition) is 2. The topological polar surface area (TPSA) is 84.2 Å². The molecule has 0 fully saturated rings. The lowest BCUT2D eigenvalue weighted by atomic mass is 9.98. The highest BCUT2D eigenvalue weighted by Gasteiger charge is 2.30. The van der Waals surface area contributed by atoms with Gasteiger partial charge in [-0.3, -0.25) is 9.59 Å². The van der Waals surface area contributed by atoms with E-state index in [4.69, 9.17) is 5.11 Å². The molecule has 0 saturated heterocycles. The van der Waals surface area contributed by atoms with E-state index in [2.05, 4.69) is 10.4 Å². The Kier molecular flexibility index (Phi) is 5.04. The second-order valence-electron chi connectivity index (χ2n) is 7.73. The zero-order valence-corrected chi connectivity index (χ0v) is 15.8. The van der Waals surface area contributed by atoms with Crippen LogP contribution in [0.15, 0.2) is 18.2 Å². The maximum atomic E-state index is 14.4. The van der Waals surface area contributed by atoms with Crippen molar-refractivity contribution in [2.24, 2.45) is 0 Å². The molecule has 2 aromatic rings. The molecule has 0 atom stereocenters. The van der Waals surface area contributed by atoms with Crippen LogP contribution in [-0.2, 0) is 17.6 Å². The van der Waals surface area contributed by atoms with E-state index in [9.17, 15) is 14.0 Å². The lowest BCUT2D eigenvalue weighted by Gasteiger charge is -2.25. The second-order valence-corrected chi connectivity index (χ2v) is 7.73. The van der Waals surface area contributed by atoms with Crippen LogP contribution in [0.5, 0.6) is 0 Å². The largest absolute Gasteiger partial charge is 0.481 e. The van der Waals surface area contributed by atoms with Crippen LogP contribution in [0.4, 0.5) is 4.39 Å². The highest BCUT2D eigenvalue weighted by atomic mass is 19.1. The number of benzene rings is 1. The van der Waals surface area contributed by atoms with Crippen LogP contribution in [0.3, 0.4) is 0 Å². The van der Waals surface area contributed by atoms with Crippen LogP contribution in [-0.4, -0.2) is 32.3 Å². The van der Waals surface area contributed by atoms with Crippen molar-refractivity contribution in [3.63, 3.8) is 0 Å². The van der Waals surface area contributed by atoms with E-state index in [1.165, 1.54) is 6.07 Å². The first-order valence-corrected chi connectivity index (χ1v) is 9.09. The molecule has 1 aliphatic carbocycles. The van der Waals surface area contributed by atoms with Crippen molar-refractivity contribution in [3.8, 4) is 5.69 Å². The standard InChI is InChI=1S/C20H24FN3O3/c1-12-7-8-14(21)16(11-12)24-15-6-4-5-13(15)18(23-24)19(27)22-20(2,3)10-9-17(25)26/h7-8,11H,4-6,9-10H2,1-3H3,(H,22,27)(H,25,26). The van der Waals surface area contributed by atoms with Crippen LogP contribution < -0.4 is 5.32 Å². The van der Waals surface area contributed by atoms with Crippen LogP contribution >= 0.6 is 0 Å². The number of hydrogen-bond acceptors (Lipinski definition) is 3. The highest BCUT2D eigenvalue weighted by Crippen LogP contribution is 2.29. The molecular weight excluding hydrogens is 349 g/mol. The molecule has 7 heteroatoms. The van der Waals surface area contributed by atoms with Crippen molar-refractivity contribution in [3.05, 3.63) is 46.5 Å². The molecule has 0 aliphatic heterocycles. The number of amides is 1. The minimum Gasteiger partial charge on any atom is -0.481 e. The van der Waals surface area contributed by atoms with Gasteiger partial charge in [0, 0.05) is 23.2 Å². The molecule has 0 saturated carbocycles. The third-order valence-corrected chi connectivity index (χ3v) is 4.89. The molecule has 0 radical (unpaired) electrons. The summed E-state index contributed by atoms with van der Waals surface area (Å²) in [7, 11) is 0. The summed E-state index contributed by atoms with van der Waals surface area (Å²) in [6.45, 7) is 5.45. The summed E-state index contributed by atoms with van der Waals surface area (Å²) in [4.78, 5) is 23.6. The first-order chi connectivity index (χ1) is 12.7. The average Bonchev–Trinajstić information content (AvgIpc) is 3.17. The molecule has 27 heavy (non-hydrogen) atoms. The van der Waals surface area contributed by atoms with Gasteiger partial charge in [0.1, 0.15) is 11.5 Å². The van der Waals surface area contributed by atoms with Crippen LogP contribution in [0.2, 0.25) is 0 Å². The fraction of sp³-hybridized carbons (Fsp3) is 0.450. The second kappa shape index (κ2) is 7.13. The van der Waals surface area contributed by atoms with Crippen LogP contribution in [0.1, 0.15) is 60.4 Å². The molecule has 2 N–H and O–H groups in total. The van der Waals surface area contributed by atoms with Gasteiger partial charge in [0.05, 0.1) is 0 Å². The predicted molar refractivity (Wildman–Crippen MR) is 98.7 cm³/mol. The van der Waals surface area contributed by atoms with Gasteiger partial charge in [-0.15, -0.1) is 0 Å². The Morgan fingerprint density at radius 1 is 1.33 bits per heavy atom. The number of aromatic nitrogens is 2. The molecule has 3 rings (SSSR count). The zero-order valence-electron chi connectivity index (χ0n) is 15.8. The number of nitrogens with one attached hydrogen (secondary N) is 1. The third-order valence-electron chi connectivity index (χ3n) is 4.89. The van der Waals surface area contributed by atoms with E-state index < -0.39 is 11.5 Å². The van der Waals surface area contributed by atoms with E-state index in [0.717, 1.165) is 36.1 Å². The van der Waals surface area contributed by atoms with E-state index >= 15 is 0 Å². The third kappa shape index (κ3) is 4.02. The number of fused-ring (bicyclic) bond motifs is 1. The van der Waals surface area contributed by atoms with Crippen molar-refractivity contribution in [2.75, 3.05) is 0 Å². The molecule has 1 amide bonds. The minimum absolute atomic E-state index is 0.0334. The Labute approximate surface area is 157 Å². The lowest BCUT2D eigenvalue weighted by molar-refractivity contribution is -0.137. The van der Waals surface area contributed by atoms with E-state index in [0.29, 0.717) is 17.8 Å². The van der Waals surface area contributed by atoms with Crippen molar-refractivity contribution >= 4 is 11.9 Å². The summed E-state index contributed by atoms with van der Waals surface area (Å²) in [6.07, 6.45) is 2.63. The summed E-state index contributed by atoms with van der Waals surface area (Å²) < 4.78 is 15.9. The lowest BCUT2D eigenvalue weighted by Crippen LogP contribution is -2.44. The van der Waals surface area contributed by atoms with E-state index in [-0.39, 0.29) is 18.1 Å². The van der Waals surface area contributed by atoms with Gasteiger partial charge in [0.25, 0.3) is 5.91 Å². The minimum atomic E-state index is -0.905. The molecule has 1 aromatic carbocycles. The smallest absolute Gasteiger partial charge is 0.303 e. The Morgan fingerprint density at radius 2 is 2.07 bits per heavy atom. The first kappa shape index (κ1) is 19.1. The summed E-state index contributed by atoms with van der Waals surface area (Å²) in [5.74, 6) is -1.64. The van der Waals surface area contributed by atoms with E-state index in [1.54, 1.807) is 30.7 Å². The Hall–Kier alpha value is -2.70. The molecule has 6 nitrogen and oxygen atoms in total. The summed E-state index contributed by atoms with van der Waals surface area (Å²) in [6, 6.07) is 4.82. The van der Waals surface area contributed by atoms with Crippen molar-refractivity contribution < 1.29 is 19.1 Å². The van der Waals surface area contributed by atoms with Gasteiger partial charge in [-0.25, -0.2) is 9.07 Å².